The summed E-state index contributed by atoms with van der Waals surface area (Å²) in [6, 6.07) is 5.58. The van der Waals surface area contributed by atoms with Crippen LogP contribution in [0.15, 0.2) is 24.3 Å². The van der Waals surface area contributed by atoms with Crippen molar-refractivity contribution >= 4 is 5.69 Å². The van der Waals surface area contributed by atoms with Crippen LogP contribution < -0.4 is 0 Å². The Morgan fingerprint density at radius 3 is 2.18 bits per heavy atom. The van der Waals surface area contributed by atoms with E-state index in [1.165, 1.54) is 24.3 Å². The van der Waals surface area contributed by atoms with Gasteiger partial charge in [-0.1, -0.05) is 0 Å². The van der Waals surface area contributed by atoms with Crippen molar-refractivity contribution in [1.29, 1.82) is 0 Å². The molecule has 0 N–H and O–H groups in total. The maximum atomic E-state index is 10.2. The van der Waals surface area contributed by atoms with E-state index in [2.05, 4.69) is 0 Å². The van der Waals surface area contributed by atoms with Gasteiger partial charge in [-0.05, 0) is 17.7 Å². The van der Waals surface area contributed by atoms with Gasteiger partial charge >= 0.3 is 0 Å². The molecule has 0 unspecified atom stereocenters. The SMILES string of the molecule is [O]Cc1ccc([N+](=O)[O-])cc1. The van der Waals surface area contributed by atoms with Crippen molar-refractivity contribution in [3.63, 3.8) is 0 Å². The smallest absolute Gasteiger partial charge is 0.258 e. The second-order valence-electron chi connectivity index (χ2n) is 2.07. The van der Waals surface area contributed by atoms with Gasteiger partial charge < -0.3 is 0 Å². The van der Waals surface area contributed by atoms with Crippen LogP contribution in [0.5, 0.6) is 0 Å². The highest BCUT2D eigenvalue weighted by Crippen LogP contribution is 2.11. The predicted molar refractivity (Wildman–Crippen MR) is 37.5 cm³/mol. The Bertz CT molecular complexity index is 255. The van der Waals surface area contributed by atoms with E-state index in [9.17, 15) is 15.2 Å². The van der Waals surface area contributed by atoms with E-state index in [-0.39, 0.29) is 12.3 Å². The molecule has 0 aliphatic rings. The topological polar surface area (TPSA) is 63.0 Å². The number of nitro benzene ring substituents is 1. The van der Waals surface area contributed by atoms with Crippen LogP contribution in [0.3, 0.4) is 0 Å². The highest BCUT2D eigenvalue weighted by atomic mass is 16.6. The van der Waals surface area contributed by atoms with Crippen molar-refractivity contribution in [2.75, 3.05) is 0 Å². The quantitative estimate of drug-likeness (QED) is 0.476. The molecule has 0 spiro atoms. The summed E-state index contributed by atoms with van der Waals surface area (Å²) in [6.07, 6.45) is 0. The highest BCUT2D eigenvalue weighted by Gasteiger charge is 2.02. The molecule has 1 rings (SSSR count). The van der Waals surface area contributed by atoms with Crippen LogP contribution in [-0.4, -0.2) is 4.92 Å². The standard InChI is InChI=1S/C7H6NO3/c9-5-6-1-3-7(4-2-6)8(10)11/h1-4H,5H2. The minimum Gasteiger partial charge on any atom is -0.258 e. The van der Waals surface area contributed by atoms with Crippen molar-refractivity contribution in [2.45, 2.75) is 6.61 Å². The van der Waals surface area contributed by atoms with E-state index < -0.39 is 4.92 Å². The highest BCUT2D eigenvalue weighted by molar-refractivity contribution is 5.32. The maximum Gasteiger partial charge on any atom is 0.269 e. The molecule has 1 aromatic carbocycles. The molecular formula is C7H6NO3. The third-order valence-corrected chi connectivity index (χ3v) is 1.31. The zero-order valence-corrected chi connectivity index (χ0v) is 5.69. The third kappa shape index (κ3) is 1.75. The number of non-ortho nitro benzene ring substituents is 1. The monoisotopic (exact) mass is 152 g/mol. The van der Waals surface area contributed by atoms with E-state index in [0.29, 0.717) is 5.56 Å². The van der Waals surface area contributed by atoms with Crippen LogP contribution in [0.25, 0.3) is 0 Å². The zero-order valence-electron chi connectivity index (χ0n) is 5.69. The van der Waals surface area contributed by atoms with Gasteiger partial charge in [0.15, 0.2) is 0 Å². The Labute approximate surface area is 63.2 Å². The third-order valence-electron chi connectivity index (χ3n) is 1.31. The number of nitro groups is 1. The second kappa shape index (κ2) is 3.12. The first-order valence-electron chi connectivity index (χ1n) is 3.05. The van der Waals surface area contributed by atoms with Crippen molar-refractivity contribution < 1.29 is 10.0 Å². The summed E-state index contributed by atoms with van der Waals surface area (Å²) in [5, 5.41) is 20.4. The molecule has 0 aliphatic carbocycles. The lowest BCUT2D eigenvalue weighted by molar-refractivity contribution is -0.384. The average Bonchev–Trinajstić information content (AvgIpc) is 2.05. The zero-order chi connectivity index (χ0) is 8.27. The Balaban J connectivity index is 2.91. The molecule has 4 heteroatoms. The van der Waals surface area contributed by atoms with Crippen LogP contribution >= 0.6 is 0 Å². The summed E-state index contributed by atoms with van der Waals surface area (Å²) in [5.41, 5.74) is 0.581. The van der Waals surface area contributed by atoms with Crippen LogP contribution in [0.1, 0.15) is 5.56 Å². The summed E-state index contributed by atoms with van der Waals surface area (Å²) < 4.78 is 0. The molecule has 4 nitrogen and oxygen atoms in total. The lowest BCUT2D eigenvalue weighted by Crippen LogP contribution is -1.88. The second-order valence-corrected chi connectivity index (χ2v) is 2.07. The summed E-state index contributed by atoms with van der Waals surface area (Å²) in [7, 11) is 0. The van der Waals surface area contributed by atoms with E-state index in [1.807, 2.05) is 0 Å². The molecule has 11 heavy (non-hydrogen) atoms. The van der Waals surface area contributed by atoms with Gasteiger partial charge in [0.25, 0.3) is 5.69 Å². The van der Waals surface area contributed by atoms with Gasteiger partial charge in [-0.25, -0.2) is 5.11 Å². The molecule has 0 amide bonds. The van der Waals surface area contributed by atoms with E-state index >= 15 is 0 Å². The van der Waals surface area contributed by atoms with Gasteiger partial charge in [0.2, 0.25) is 0 Å². The van der Waals surface area contributed by atoms with E-state index in [0.717, 1.165) is 0 Å². The number of hydrogen-bond acceptors (Lipinski definition) is 2. The summed E-state index contributed by atoms with van der Waals surface area (Å²) in [4.78, 5) is 9.64. The van der Waals surface area contributed by atoms with Gasteiger partial charge in [-0.2, -0.15) is 0 Å². The van der Waals surface area contributed by atoms with Gasteiger partial charge in [-0.3, -0.25) is 10.1 Å². The van der Waals surface area contributed by atoms with E-state index in [4.69, 9.17) is 0 Å². The molecule has 0 aromatic heterocycles. The summed E-state index contributed by atoms with van der Waals surface area (Å²) >= 11 is 0. The molecule has 0 saturated carbocycles. The van der Waals surface area contributed by atoms with Crippen LogP contribution in [0.2, 0.25) is 0 Å². The number of rotatable bonds is 2. The van der Waals surface area contributed by atoms with Gasteiger partial charge in [0.05, 0.1) is 4.92 Å². The molecule has 0 bridgehead atoms. The van der Waals surface area contributed by atoms with Gasteiger partial charge in [0, 0.05) is 12.1 Å². The Kier molecular flexibility index (Phi) is 2.18. The van der Waals surface area contributed by atoms with Crippen molar-refractivity contribution in [3.05, 3.63) is 39.9 Å². The van der Waals surface area contributed by atoms with Gasteiger partial charge in [0.1, 0.15) is 6.61 Å². The van der Waals surface area contributed by atoms with Crippen LogP contribution in [0.4, 0.5) is 5.69 Å². The molecular weight excluding hydrogens is 146 g/mol. The first kappa shape index (κ1) is 7.68. The molecule has 0 heterocycles. The molecule has 0 aliphatic heterocycles. The number of benzene rings is 1. The number of hydrogen-bond donors (Lipinski definition) is 0. The van der Waals surface area contributed by atoms with Crippen LogP contribution in [-0.2, 0) is 11.7 Å². The minimum absolute atomic E-state index is 0.0159. The van der Waals surface area contributed by atoms with Crippen LogP contribution in [0, 0.1) is 10.1 Å². The van der Waals surface area contributed by atoms with Gasteiger partial charge in [-0.15, -0.1) is 0 Å². The largest absolute Gasteiger partial charge is 0.269 e. The molecule has 1 aromatic rings. The fraction of sp³-hybridized carbons (Fsp3) is 0.143. The fourth-order valence-corrected chi connectivity index (χ4v) is 0.714. The summed E-state index contributed by atoms with van der Waals surface area (Å²) in [6.45, 7) is -0.335. The van der Waals surface area contributed by atoms with Crippen molar-refractivity contribution in [3.8, 4) is 0 Å². The predicted octanol–water partition coefficient (Wildman–Crippen LogP) is 1.53. The summed E-state index contributed by atoms with van der Waals surface area (Å²) in [5.74, 6) is 0. The first-order valence-corrected chi connectivity index (χ1v) is 3.05. The normalized spacial score (nSPS) is 9.55. The Morgan fingerprint density at radius 2 is 1.82 bits per heavy atom. The number of nitrogens with zero attached hydrogens (tertiary/aromatic N) is 1. The molecule has 0 saturated heterocycles. The lowest BCUT2D eigenvalue weighted by atomic mass is 10.2. The molecule has 0 fully saturated rings. The van der Waals surface area contributed by atoms with Crippen molar-refractivity contribution in [1.82, 2.24) is 0 Å². The minimum atomic E-state index is -0.491. The fourth-order valence-electron chi connectivity index (χ4n) is 0.714. The average molecular weight is 152 g/mol. The first-order chi connectivity index (χ1) is 5.24. The lowest BCUT2D eigenvalue weighted by Gasteiger charge is -1.92. The molecule has 0 atom stereocenters. The van der Waals surface area contributed by atoms with E-state index in [1.54, 1.807) is 0 Å². The molecule has 57 valence electrons. The molecule has 1 radical (unpaired) electrons. The Morgan fingerprint density at radius 1 is 1.27 bits per heavy atom. The van der Waals surface area contributed by atoms with Crippen molar-refractivity contribution in [2.24, 2.45) is 0 Å². The Hall–Kier alpha value is -1.42. The maximum absolute atomic E-state index is 10.2.